The molecule has 0 aromatic heterocycles. The smallest absolute Gasteiger partial charge is 0.350 e. The fourth-order valence-electron chi connectivity index (χ4n) is 3.76. The topological polar surface area (TPSA) is 78.5 Å². The zero-order valence-electron chi connectivity index (χ0n) is 19.3. The number of carbonyl (C=O) groups is 3. The van der Waals surface area contributed by atoms with E-state index in [1.54, 1.807) is 19.1 Å². The van der Waals surface area contributed by atoms with Crippen LogP contribution in [0.3, 0.4) is 0 Å². The summed E-state index contributed by atoms with van der Waals surface area (Å²) in [7, 11) is 0. The summed E-state index contributed by atoms with van der Waals surface area (Å²) in [5, 5.41) is 4.74. The molecule has 0 spiro atoms. The van der Waals surface area contributed by atoms with Gasteiger partial charge in [0.25, 0.3) is 17.7 Å². The number of hydrogen-bond acceptors (Lipinski definition) is 4. The highest BCUT2D eigenvalue weighted by Gasteiger charge is 2.39. The van der Waals surface area contributed by atoms with Crippen molar-refractivity contribution in [2.24, 2.45) is 0 Å². The number of alkyl halides is 3. The largest absolute Gasteiger partial charge is 0.416 e. The molecule has 4 rings (SSSR count). The van der Waals surface area contributed by atoms with Gasteiger partial charge in [-0.2, -0.15) is 13.2 Å². The van der Waals surface area contributed by atoms with Crippen LogP contribution in [0, 0.1) is 13.8 Å². The molecular weight excluding hydrogens is 530 g/mol. The van der Waals surface area contributed by atoms with E-state index in [2.05, 4.69) is 10.6 Å². The summed E-state index contributed by atoms with van der Waals surface area (Å²) in [5.41, 5.74) is 0.997. The third-order valence-corrected chi connectivity index (χ3v) is 6.24. The zero-order valence-corrected chi connectivity index (χ0v) is 20.8. The number of carbonyl (C=O) groups excluding carboxylic acids is 3. The summed E-state index contributed by atoms with van der Waals surface area (Å²) in [6.07, 6.45) is -4.61. The van der Waals surface area contributed by atoms with Gasteiger partial charge in [0.15, 0.2) is 0 Å². The maximum Gasteiger partial charge on any atom is 0.416 e. The van der Waals surface area contributed by atoms with Gasteiger partial charge in [-0.3, -0.25) is 14.4 Å². The van der Waals surface area contributed by atoms with E-state index in [4.69, 9.17) is 23.2 Å². The van der Waals surface area contributed by atoms with Gasteiger partial charge in [-0.05, 0) is 61.9 Å². The van der Waals surface area contributed by atoms with Crippen LogP contribution in [0.25, 0.3) is 0 Å². The molecule has 37 heavy (non-hydrogen) atoms. The highest BCUT2D eigenvalue weighted by atomic mass is 35.5. The summed E-state index contributed by atoms with van der Waals surface area (Å²) in [6.45, 7) is 3.65. The van der Waals surface area contributed by atoms with Crippen LogP contribution in [-0.4, -0.2) is 17.7 Å². The Kier molecular flexibility index (Phi) is 7.03. The third kappa shape index (κ3) is 5.33. The molecule has 0 unspecified atom stereocenters. The molecular formula is C26H18Cl2F3N3O3. The van der Waals surface area contributed by atoms with Crippen LogP contribution in [0.2, 0.25) is 5.02 Å². The van der Waals surface area contributed by atoms with Crippen molar-refractivity contribution < 1.29 is 27.6 Å². The zero-order chi connectivity index (χ0) is 27.1. The van der Waals surface area contributed by atoms with E-state index in [-0.39, 0.29) is 32.7 Å². The molecule has 190 valence electrons. The van der Waals surface area contributed by atoms with Crippen LogP contribution in [0.4, 0.5) is 30.2 Å². The van der Waals surface area contributed by atoms with Crippen LogP contribution in [0.5, 0.6) is 0 Å². The average molecular weight is 548 g/mol. The molecule has 11 heteroatoms. The van der Waals surface area contributed by atoms with Gasteiger partial charge in [0.1, 0.15) is 10.7 Å². The van der Waals surface area contributed by atoms with Gasteiger partial charge in [0.05, 0.1) is 22.0 Å². The molecule has 0 saturated heterocycles. The number of nitrogens with zero attached hydrogens (tertiary/aromatic N) is 1. The molecule has 0 atom stereocenters. The molecule has 0 saturated carbocycles. The molecule has 0 radical (unpaired) electrons. The maximum atomic E-state index is 13.1. The second-order valence-corrected chi connectivity index (χ2v) is 9.06. The van der Waals surface area contributed by atoms with Crippen LogP contribution < -0.4 is 15.5 Å². The molecule has 3 amide bonds. The fraction of sp³-hybridized carbons (Fsp3) is 0.115. The Bertz CT molecular complexity index is 1490. The SMILES string of the molecule is Cc1ccc(N2C(=O)C(Cl)=C(Nc3cccc(C(=O)Nc4cc(C(F)(F)F)ccc4Cl)c3)C2=O)c(C)c1. The summed E-state index contributed by atoms with van der Waals surface area (Å²) in [5.74, 6) is -2.11. The number of rotatable bonds is 5. The maximum absolute atomic E-state index is 13.1. The molecule has 1 aliphatic rings. The lowest BCUT2D eigenvalue weighted by molar-refractivity contribution is -0.137. The van der Waals surface area contributed by atoms with Crippen LogP contribution >= 0.6 is 23.2 Å². The van der Waals surface area contributed by atoms with E-state index >= 15 is 0 Å². The number of anilines is 3. The summed E-state index contributed by atoms with van der Waals surface area (Å²) in [6, 6.07) is 13.6. The lowest BCUT2D eigenvalue weighted by atomic mass is 10.1. The Morgan fingerprint density at radius 2 is 1.65 bits per heavy atom. The second kappa shape index (κ2) is 9.91. The summed E-state index contributed by atoms with van der Waals surface area (Å²) < 4.78 is 39.1. The number of halogens is 5. The van der Waals surface area contributed by atoms with Gasteiger partial charge >= 0.3 is 6.18 Å². The highest BCUT2D eigenvalue weighted by molar-refractivity contribution is 6.53. The highest BCUT2D eigenvalue weighted by Crippen LogP contribution is 2.35. The first-order chi connectivity index (χ1) is 17.4. The number of nitrogens with one attached hydrogen (secondary N) is 2. The summed E-state index contributed by atoms with van der Waals surface area (Å²) >= 11 is 12.2. The first-order valence-corrected chi connectivity index (χ1v) is 11.5. The number of benzene rings is 3. The fourth-order valence-corrected chi connectivity index (χ4v) is 4.14. The predicted molar refractivity (Wildman–Crippen MR) is 136 cm³/mol. The molecule has 6 nitrogen and oxygen atoms in total. The van der Waals surface area contributed by atoms with E-state index in [1.807, 2.05) is 13.0 Å². The standard InChI is InChI=1S/C26H18Cl2F3N3O3/c1-13-6-9-20(14(2)10-13)34-24(36)21(28)22(25(34)37)32-17-5-3-4-15(11-17)23(35)33-19-12-16(26(29,30)31)7-8-18(19)27/h3-12,32H,1-2H3,(H,33,35). The molecule has 0 bridgehead atoms. The first-order valence-electron chi connectivity index (χ1n) is 10.8. The lowest BCUT2D eigenvalue weighted by Gasteiger charge is -2.18. The quantitative estimate of drug-likeness (QED) is 0.350. The number of imide groups is 1. The third-order valence-electron chi connectivity index (χ3n) is 5.56. The van der Waals surface area contributed by atoms with Crippen molar-refractivity contribution in [1.82, 2.24) is 0 Å². The number of aryl methyl sites for hydroxylation is 2. The van der Waals surface area contributed by atoms with Gasteiger partial charge in [0.2, 0.25) is 0 Å². The lowest BCUT2D eigenvalue weighted by Crippen LogP contribution is -2.32. The van der Waals surface area contributed by atoms with Gasteiger partial charge in [-0.25, -0.2) is 4.90 Å². The predicted octanol–water partition coefficient (Wildman–Crippen LogP) is 6.66. The normalized spacial score (nSPS) is 13.9. The van der Waals surface area contributed by atoms with Gasteiger partial charge < -0.3 is 10.6 Å². The van der Waals surface area contributed by atoms with Gasteiger partial charge in [0, 0.05) is 11.3 Å². The molecule has 3 aromatic rings. The Morgan fingerprint density at radius 1 is 0.919 bits per heavy atom. The Hall–Kier alpha value is -3.82. The molecule has 3 aromatic carbocycles. The molecule has 0 fully saturated rings. The van der Waals surface area contributed by atoms with E-state index in [0.29, 0.717) is 11.3 Å². The van der Waals surface area contributed by atoms with E-state index < -0.39 is 29.5 Å². The number of amides is 3. The first kappa shape index (κ1) is 26.2. The molecule has 2 N–H and O–H groups in total. The van der Waals surface area contributed by atoms with Crippen LogP contribution in [0.15, 0.2) is 71.4 Å². The average Bonchev–Trinajstić information content (AvgIpc) is 3.03. The van der Waals surface area contributed by atoms with Crippen molar-refractivity contribution in [3.63, 3.8) is 0 Å². The van der Waals surface area contributed by atoms with Crippen molar-refractivity contribution in [2.75, 3.05) is 15.5 Å². The summed E-state index contributed by atoms with van der Waals surface area (Å²) in [4.78, 5) is 39.6. The minimum Gasteiger partial charge on any atom is -0.350 e. The van der Waals surface area contributed by atoms with Crippen molar-refractivity contribution in [3.05, 3.63) is 98.7 Å². The Morgan fingerprint density at radius 3 is 2.32 bits per heavy atom. The second-order valence-electron chi connectivity index (χ2n) is 8.28. The van der Waals surface area contributed by atoms with Gasteiger partial charge in [-0.15, -0.1) is 0 Å². The minimum atomic E-state index is -4.61. The monoisotopic (exact) mass is 547 g/mol. The van der Waals surface area contributed by atoms with Crippen molar-refractivity contribution in [1.29, 1.82) is 0 Å². The van der Waals surface area contributed by atoms with Crippen molar-refractivity contribution in [3.8, 4) is 0 Å². The van der Waals surface area contributed by atoms with Gasteiger partial charge in [-0.1, -0.05) is 47.0 Å². The molecule has 1 heterocycles. The van der Waals surface area contributed by atoms with E-state index in [0.717, 1.165) is 28.7 Å². The minimum absolute atomic E-state index is 0.0539. The molecule has 0 aliphatic carbocycles. The Balaban J connectivity index is 1.56. The van der Waals surface area contributed by atoms with Crippen LogP contribution in [-0.2, 0) is 15.8 Å². The number of hydrogen-bond donors (Lipinski definition) is 2. The Labute approximate surface area is 219 Å². The molecule has 1 aliphatic heterocycles. The van der Waals surface area contributed by atoms with E-state index in [9.17, 15) is 27.6 Å². The van der Waals surface area contributed by atoms with E-state index in [1.165, 1.54) is 24.3 Å². The van der Waals surface area contributed by atoms with Crippen LogP contribution in [0.1, 0.15) is 27.0 Å². The van der Waals surface area contributed by atoms with Crippen molar-refractivity contribution in [2.45, 2.75) is 20.0 Å². The van der Waals surface area contributed by atoms with Crippen molar-refractivity contribution >= 4 is 58.0 Å².